The first kappa shape index (κ1) is 13.9. The summed E-state index contributed by atoms with van der Waals surface area (Å²) in [4.78, 5) is 26.9. The Hall–Kier alpha value is -2.12. The van der Waals surface area contributed by atoms with Gasteiger partial charge in [0.25, 0.3) is 5.91 Å². The Bertz CT molecular complexity index is 429. The van der Waals surface area contributed by atoms with Crippen molar-refractivity contribution in [2.75, 3.05) is 12.8 Å². The second-order valence-corrected chi connectivity index (χ2v) is 4.22. The summed E-state index contributed by atoms with van der Waals surface area (Å²) < 4.78 is 4.63. The van der Waals surface area contributed by atoms with Crippen molar-refractivity contribution in [2.45, 2.75) is 26.3 Å². The zero-order valence-electron chi connectivity index (χ0n) is 10.6. The average molecular weight is 255 g/mol. The molecule has 0 aromatic carbocycles. The SMILES string of the molecule is COC(=O)[C@H](CC(C)C)NC(=O)c1nc(N)n[nH]1. The first-order valence-corrected chi connectivity index (χ1v) is 5.50. The van der Waals surface area contributed by atoms with Crippen LogP contribution in [0.4, 0.5) is 5.95 Å². The molecule has 1 aromatic heterocycles. The lowest BCUT2D eigenvalue weighted by Gasteiger charge is -2.17. The zero-order chi connectivity index (χ0) is 13.7. The summed E-state index contributed by atoms with van der Waals surface area (Å²) in [6.45, 7) is 3.88. The number of H-pyrrole nitrogens is 1. The molecule has 4 N–H and O–H groups in total. The molecule has 1 amide bonds. The van der Waals surface area contributed by atoms with Crippen LogP contribution in [0.15, 0.2) is 0 Å². The highest BCUT2D eigenvalue weighted by molar-refractivity contribution is 5.93. The normalized spacial score (nSPS) is 12.2. The molecule has 0 fully saturated rings. The largest absolute Gasteiger partial charge is 0.467 e. The molecule has 0 saturated carbocycles. The summed E-state index contributed by atoms with van der Waals surface area (Å²) in [6.07, 6.45) is 0.474. The Morgan fingerprint density at radius 2 is 2.17 bits per heavy atom. The van der Waals surface area contributed by atoms with Crippen LogP contribution in [0.3, 0.4) is 0 Å². The summed E-state index contributed by atoms with van der Waals surface area (Å²) in [5.74, 6) is -0.877. The van der Waals surface area contributed by atoms with Gasteiger partial charge >= 0.3 is 5.97 Å². The lowest BCUT2D eigenvalue weighted by molar-refractivity contribution is -0.143. The van der Waals surface area contributed by atoms with Gasteiger partial charge in [0.15, 0.2) is 0 Å². The number of carbonyl (C=O) groups is 2. The fourth-order valence-electron chi connectivity index (χ4n) is 1.43. The first-order chi connectivity index (χ1) is 8.43. The maximum absolute atomic E-state index is 11.8. The maximum Gasteiger partial charge on any atom is 0.328 e. The quantitative estimate of drug-likeness (QED) is 0.621. The summed E-state index contributed by atoms with van der Waals surface area (Å²) >= 11 is 0. The van der Waals surface area contributed by atoms with Crippen LogP contribution in [0.2, 0.25) is 0 Å². The number of aromatic amines is 1. The van der Waals surface area contributed by atoms with Crippen molar-refractivity contribution in [2.24, 2.45) is 5.92 Å². The summed E-state index contributed by atoms with van der Waals surface area (Å²) in [6, 6.07) is -0.714. The number of methoxy groups -OCH3 is 1. The van der Waals surface area contributed by atoms with Crippen LogP contribution < -0.4 is 11.1 Å². The third-order valence-corrected chi connectivity index (χ3v) is 2.22. The summed E-state index contributed by atoms with van der Waals surface area (Å²) in [5.41, 5.74) is 5.29. The topological polar surface area (TPSA) is 123 Å². The Balaban J connectivity index is 2.71. The number of nitrogens with one attached hydrogen (secondary N) is 2. The van der Waals surface area contributed by atoms with Gasteiger partial charge in [0.2, 0.25) is 11.8 Å². The Morgan fingerprint density at radius 3 is 2.61 bits per heavy atom. The molecule has 1 heterocycles. The highest BCUT2D eigenvalue weighted by atomic mass is 16.5. The molecule has 0 aliphatic rings. The molecule has 8 heteroatoms. The molecule has 0 bridgehead atoms. The van der Waals surface area contributed by atoms with Crippen LogP contribution in [-0.2, 0) is 9.53 Å². The van der Waals surface area contributed by atoms with Gasteiger partial charge in [-0.05, 0) is 12.3 Å². The molecule has 0 unspecified atom stereocenters. The van der Waals surface area contributed by atoms with E-state index in [0.29, 0.717) is 6.42 Å². The van der Waals surface area contributed by atoms with Gasteiger partial charge in [-0.2, -0.15) is 4.98 Å². The molecule has 1 rings (SSSR count). The number of hydrogen-bond acceptors (Lipinski definition) is 6. The van der Waals surface area contributed by atoms with Crippen molar-refractivity contribution >= 4 is 17.8 Å². The van der Waals surface area contributed by atoms with Crippen LogP contribution in [0.1, 0.15) is 30.9 Å². The predicted molar refractivity (Wildman–Crippen MR) is 63.5 cm³/mol. The number of esters is 1. The van der Waals surface area contributed by atoms with Gasteiger partial charge in [0, 0.05) is 0 Å². The third-order valence-electron chi connectivity index (χ3n) is 2.22. The van der Waals surface area contributed by atoms with Crippen LogP contribution in [0, 0.1) is 5.92 Å². The van der Waals surface area contributed by atoms with Gasteiger partial charge in [-0.3, -0.25) is 9.89 Å². The monoisotopic (exact) mass is 255 g/mol. The lowest BCUT2D eigenvalue weighted by atomic mass is 10.0. The fourth-order valence-corrected chi connectivity index (χ4v) is 1.43. The van der Waals surface area contributed by atoms with E-state index in [1.165, 1.54) is 7.11 Å². The number of nitrogens with two attached hydrogens (primary N) is 1. The Kier molecular flexibility index (Phi) is 4.64. The molecule has 0 radical (unpaired) electrons. The van der Waals surface area contributed by atoms with Crippen molar-refractivity contribution < 1.29 is 14.3 Å². The van der Waals surface area contributed by atoms with Crippen LogP contribution in [0.25, 0.3) is 0 Å². The number of amides is 1. The number of rotatable bonds is 5. The molecular formula is C10H17N5O3. The Labute approximate surface area is 104 Å². The van der Waals surface area contributed by atoms with Gasteiger partial charge < -0.3 is 15.8 Å². The molecule has 0 aliphatic carbocycles. The van der Waals surface area contributed by atoms with E-state index in [9.17, 15) is 9.59 Å². The van der Waals surface area contributed by atoms with E-state index in [4.69, 9.17) is 5.73 Å². The summed E-state index contributed by atoms with van der Waals surface area (Å²) in [7, 11) is 1.27. The molecule has 0 aliphatic heterocycles. The fraction of sp³-hybridized carbons (Fsp3) is 0.600. The van der Waals surface area contributed by atoms with E-state index in [2.05, 4.69) is 25.2 Å². The second-order valence-electron chi connectivity index (χ2n) is 4.22. The number of carbonyl (C=O) groups excluding carboxylic acids is 2. The van der Waals surface area contributed by atoms with Crippen molar-refractivity contribution in [1.29, 1.82) is 0 Å². The molecular weight excluding hydrogens is 238 g/mol. The minimum absolute atomic E-state index is 0.0290. The number of anilines is 1. The molecule has 1 atom stereocenters. The van der Waals surface area contributed by atoms with Crippen molar-refractivity contribution in [3.05, 3.63) is 5.82 Å². The number of nitrogens with zero attached hydrogens (tertiary/aromatic N) is 2. The van der Waals surface area contributed by atoms with Crippen molar-refractivity contribution in [3.8, 4) is 0 Å². The van der Waals surface area contributed by atoms with Crippen molar-refractivity contribution in [1.82, 2.24) is 20.5 Å². The second kappa shape index (κ2) is 5.99. The van der Waals surface area contributed by atoms with Crippen molar-refractivity contribution in [3.63, 3.8) is 0 Å². The van der Waals surface area contributed by atoms with Gasteiger partial charge in [-0.15, -0.1) is 5.10 Å². The number of aromatic nitrogens is 3. The third kappa shape index (κ3) is 3.72. The summed E-state index contributed by atoms with van der Waals surface area (Å²) in [5, 5.41) is 8.43. The highest BCUT2D eigenvalue weighted by Crippen LogP contribution is 2.07. The van der Waals surface area contributed by atoms with E-state index in [1.807, 2.05) is 13.8 Å². The van der Waals surface area contributed by atoms with E-state index >= 15 is 0 Å². The van der Waals surface area contributed by atoms with Crippen LogP contribution >= 0.6 is 0 Å². The average Bonchev–Trinajstić information content (AvgIpc) is 2.73. The number of nitrogen functional groups attached to an aromatic ring is 1. The molecule has 100 valence electrons. The number of hydrogen-bond donors (Lipinski definition) is 3. The van der Waals surface area contributed by atoms with Gasteiger partial charge in [0.1, 0.15) is 6.04 Å². The van der Waals surface area contributed by atoms with Crippen LogP contribution in [-0.4, -0.2) is 40.2 Å². The predicted octanol–water partition coefficient (Wildman–Crippen LogP) is -0.296. The standard InChI is InChI=1S/C10H17N5O3/c1-5(2)4-6(9(17)18-3)12-8(16)7-13-10(11)15-14-7/h5-6H,4H2,1-3H3,(H,12,16)(H3,11,13,14,15)/t6-/m0/s1. The smallest absolute Gasteiger partial charge is 0.328 e. The lowest BCUT2D eigenvalue weighted by Crippen LogP contribution is -2.42. The van der Waals surface area contributed by atoms with E-state index in [-0.39, 0.29) is 17.7 Å². The first-order valence-electron chi connectivity index (χ1n) is 5.50. The minimum atomic E-state index is -0.714. The zero-order valence-corrected chi connectivity index (χ0v) is 10.6. The maximum atomic E-state index is 11.8. The minimum Gasteiger partial charge on any atom is -0.467 e. The van der Waals surface area contributed by atoms with Gasteiger partial charge in [-0.25, -0.2) is 4.79 Å². The van der Waals surface area contributed by atoms with E-state index < -0.39 is 17.9 Å². The van der Waals surface area contributed by atoms with Gasteiger partial charge in [-0.1, -0.05) is 13.8 Å². The Morgan fingerprint density at radius 1 is 1.50 bits per heavy atom. The van der Waals surface area contributed by atoms with E-state index in [1.54, 1.807) is 0 Å². The number of ether oxygens (including phenoxy) is 1. The highest BCUT2D eigenvalue weighted by Gasteiger charge is 2.24. The molecule has 18 heavy (non-hydrogen) atoms. The van der Waals surface area contributed by atoms with E-state index in [0.717, 1.165) is 0 Å². The van der Waals surface area contributed by atoms with Crippen LogP contribution in [0.5, 0.6) is 0 Å². The molecule has 0 spiro atoms. The molecule has 8 nitrogen and oxygen atoms in total. The molecule has 0 saturated heterocycles. The van der Waals surface area contributed by atoms with Gasteiger partial charge in [0.05, 0.1) is 7.11 Å². The molecule has 1 aromatic rings.